The van der Waals surface area contributed by atoms with Crippen molar-refractivity contribution in [2.75, 3.05) is 11.9 Å². The molecule has 1 N–H and O–H groups in total. The summed E-state index contributed by atoms with van der Waals surface area (Å²) >= 11 is 0. The van der Waals surface area contributed by atoms with Crippen LogP contribution in [0.1, 0.15) is 10.6 Å². The maximum Gasteiger partial charge on any atom is 0.374 e. The second kappa shape index (κ2) is 6.12. The molecule has 0 bridgehead atoms. The first-order valence-corrected chi connectivity index (χ1v) is 6.17. The first-order chi connectivity index (χ1) is 10.4. The van der Waals surface area contributed by atoms with E-state index in [1.165, 1.54) is 32.5 Å². The van der Waals surface area contributed by atoms with Gasteiger partial charge in [-0.1, -0.05) is 0 Å². The van der Waals surface area contributed by atoms with Crippen LogP contribution in [0.4, 0.5) is 5.82 Å². The van der Waals surface area contributed by atoms with E-state index in [1.54, 1.807) is 0 Å². The van der Waals surface area contributed by atoms with E-state index in [0.717, 1.165) is 15.2 Å². The van der Waals surface area contributed by atoms with Gasteiger partial charge in [0.2, 0.25) is 5.76 Å². The van der Waals surface area contributed by atoms with E-state index in [1.807, 2.05) is 0 Å². The van der Waals surface area contributed by atoms with Crippen molar-refractivity contribution in [1.82, 2.24) is 9.13 Å². The fourth-order valence-electron chi connectivity index (χ4n) is 1.63. The Bertz CT molecular complexity index is 815. The molecule has 0 saturated carbocycles. The molecule has 116 valence electrons. The molecule has 2 aromatic heterocycles. The molecule has 9 heteroatoms. The number of carbonyl (C=O) groups is 2. The monoisotopic (exact) mass is 307 g/mol. The van der Waals surface area contributed by atoms with E-state index in [9.17, 15) is 19.2 Å². The summed E-state index contributed by atoms with van der Waals surface area (Å²) in [5.74, 6) is -1.51. The predicted molar refractivity (Wildman–Crippen MR) is 74.5 cm³/mol. The maximum absolute atomic E-state index is 11.7. The summed E-state index contributed by atoms with van der Waals surface area (Å²) in [6.45, 7) is -0.580. The molecule has 0 aliphatic carbocycles. The highest BCUT2D eigenvalue weighted by atomic mass is 16.5. The Kier molecular flexibility index (Phi) is 4.25. The summed E-state index contributed by atoms with van der Waals surface area (Å²) in [7, 11) is 2.72. The summed E-state index contributed by atoms with van der Waals surface area (Å²) in [6.07, 6.45) is 1.30. The molecule has 0 unspecified atom stereocenters. The largest absolute Gasteiger partial charge is 0.457 e. The number of anilines is 1. The van der Waals surface area contributed by atoms with Gasteiger partial charge < -0.3 is 14.5 Å². The van der Waals surface area contributed by atoms with Crippen molar-refractivity contribution in [3.05, 3.63) is 51.1 Å². The highest BCUT2D eigenvalue weighted by molar-refractivity contribution is 5.94. The first kappa shape index (κ1) is 15.3. The van der Waals surface area contributed by atoms with E-state index in [2.05, 4.69) is 5.32 Å². The molecule has 0 atom stereocenters. The number of esters is 1. The van der Waals surface area contributed by atoms with Crippen LogP contribution in [0.5, 0.6) is 0 Å². The fraction of sp³-hybridized carbons (Fsp3) is 0.231. The number of carbonyl (C=O) groups excluding carboxylic acids is 2. The molecule has 2 aromatic rings. The first-order valence-electron chi connectivity index (χ1n) is 6.17. The molecular formula is C13H13N3O6. The minimum atomic E-state index is -0.794. The summed E-state index contributed by atoms with van der Waals surface area (Å²) in [6, 6.07) is 3.99. The summed E-state index contributed by atoms with van der Waals surface area (Å²) in [5, 5.41) is 2.32. The van der Waals surface area contributed by atoms with Gasteiger partial charge in [-0.15, -0.1) is 0 Å². The van der Waals surface area contributed by atoms with E-state index < -0.39 is 29.7 Å². The van der Waals surface area contributed by atoms with Crippen LogP contribution in [0.15, 0.2) is 38.5 Å². The third-order valence-electron chi connectivity index (χ3n) is 2.85. The molecule has 0 spiro atoms. The number of rotatable bonds is 4. The molecule has 22 heavy (non-hydrogen) atoms. The standard InChI is InChI=1S/C13H13N3O6/c1-15-9(6-11(18)16(2)13(15)20)14-10(17)7-22-12(19)8-4-3-5-21-8/h3-6H,7H2,1-2H3,(H,14,17). The van der Waals surface area contributed by atoms with Crippen molar-refractivity contribution in [3.63, 3.8) is 0 Å². The van der Waals surface area contributed by atoms with Crippen LogP contribution in [0.3, 0.4) is 0 Å². The van der Waals surface area contributed by atoms with Crippen molar-refractivity contribution in [2.24, 2.45) is 14.1 Å². The number of amides is 1. The Morgan fingerprint density at radius 3 is 2.64 bits per heavy atom. The highest BCUT2D eigenvalue weighted by Gasteiger charge is 2.14. The molecule has 0 saturated heterocycles. The van der Waals surface area contributed by atoms with Gasteiger partial charge >= 0.3 is 11.7 Å². The molecule has 2 rings (SSSR count). The van der Waals surface area contributed by atoms with Crippen LogP contribution >= 0.6 is 0 Å². The van der Waals surface area contributed by atoms with Crippen LogP contribution in [-0.4, -0.2) is 27.6 Å². The average molecular weight is 307 g/mol. The van der Waals surface area contributed by atoms with Gasteiger partial charge in [0.1, 0.15) is 5.82 Å². The quantitative estimate of drug-likeness (QED) is 0.760. The zero-order valence-corrected chi connectivity index (χ0v) is 11.9. The Balaban J connectivity index is 2.03. The SMILES string of the molecule is Cn1c(NC(=O)COC(=O)c2ccco2)cc(=O)n(C)c1=O. The van der Waals surface area contributed by atoms with Gasteiger partial charge in [-0.2, -0.15) is 0 Å². The normalized spacial score (nSPS) is 10.3. The van der Waals surface area contributed by atoms with Crippen molar-refractivity contribution in [2.45, 2.75) is 0 Å². The van der Waals surface area contributed by atoms with Crippen molar-refractivity contribution < 1.29 is 18.7 Å². The molecule has 9 nitrogen and oxygen atoms in total. The molecule has 0 aromatic carbocycles. The van der Waals surface area contributed by atoms with E-state index in [0.29, 0.717) is 0 Å². The molecule has 0 radical (unpaired) electrons. The van der Waals surface area contributed by atoms with Crippen molar-refractivity contribution in [3.8, 4) is 0 Å². The zero-order chi connectivity index (χ0) is 16.3. The average Bonchev–Trinajstić information content (AvgIpc) is 3.02. The van der Waals surface area contributed by atoms with Crippen LogP contribution in [0.25, 0.3) is 0 Å². The minimum Gasteiger partial charge on any atom is -0.457 e. The number of ether oxygens (including phenoxy) is 1. The van der Waals surface area contributed by atoms with Crippen LogP contribution in [-0.2, 0) is 23.6 Å². The van der Waals surface area contributed by atoms with E-state index in [-0.39, 0.29) is 11.6 Å². The third kappa shape index (κ3) is 3.14. The maximum atomic E-state index is 11.7. The van der Waals surface area contributed by atoms with Gasteiger partial charge in [-0.05, 0) is 12.1 Å². The lowest BCUT2D eigenvalue weighted by Crippen LogP contribution is -2.38. The van der Waals surface area contributed by atoms with Gasteiger partial charge in [0.15, 0.2) is 6.61 Å². The summed E-state index contributed by atoms with van der Waals surface area (Å²) in [5.41, 5.74) is -1.15. The van der Waals surface area contributed by atoms with Gasteiger partial charge in [0.05, 0.1) is 6.26 Å². The van der Waals surface area contributed by atoms with Crippen LogP contribution in [0.2, 0.25) is 0 Å². The Hall–Kier alpha value is -3.10. The molecule has 2 heterocycles. The van der Waals surface area contributed by atoms with Crippen LogP contribution < -0.4 is 16.6 Å². The molecule has 0 fully saturated rings. The number of hydrogen-bond acceptors (Lipinski definition) is 6. The lowest BCUT2D eigenvalue weighted by Gasteiger charge is -2.10. The molecule has 0 aliphatic heterocycles. The Morgan fingerprint density at radius 2 is 2.00 bits per heavy atom. The lowest BCUT2D eigenvalue weighted by molar-refractivity contribution is -0.119. The number of furan rings is 1. The van der Waals surface area contributed by atoms with Crippen molar-refractivity contribution >= 4 is 17.7 Å². The van der Waals surface area contributed by atoms with E-state index in [4.69, 9.17) is 9.15 Å². The van der Waals surface area contributed by atoms with Crippen LogP contribution in [0, 0.1) is 0 Å². The number of aromatic nitrogens is 2. The predicted octanol–water partition coefficient (Wildman–Crippen LogP) is -0.528. The summed E-state index contributed by atoms with van der Waals surface area (Å²) < 4.78 is 11.5. The number of nitrogens with zero attached hydrogens (tertiary/aromatic N) is 2. The van der Waals surface area contributed by atoms with Crippen molar-refractivity contribution in [1.29, 1.82) is 0 Å². The number of nitrogens with one attached hydrogen (secondary N) is 1. The van der Waals surface area contributed by atoms with Gasteiger partial charge in [0.25, 0.3) is 11.5 Å². The lowest BCUT2D eigenvalue weighted by atomic mass is 10.4. The van der Waals surface area contributed by atoms with Gasteiger partial charge in [0, 0.05) is 20.2 Å². The highest BCUT2D eigenvalue weighted by Crippen LogP contribution is 2.03. The molecule has 0 aliphatic rings. The molecular weight excluding hydrogens is 294 g/mol. The Morgan fingerprint density at radius 1 is 1.27 bits per heavy atom. The Labute approximate surface area is 123 Å². The fourth-order valence-corrected chi connectivity index (χ4v) is 1.63. The van der Waals surface area contributed by atoms with Gasteiger partial charge in [-0.25, -0.2) is 9.59 Å². The third-order valence-corrected chi connectivity index (χ3v) is 2.85. The topological polar surface area (TPSA) is 113 Å². The second-order valence-corrected chi connectivity index (χ2v) is 4.37. The molecule has 1 amide bonds. The number of hydrogen-bond donors (Lipinski definition) is 1. The van der Waals surface area contributed by atoms with E-state index >= 15 is 0 Å². The zero-order valence-electron chi connectivity index (χ0n) is 11.9. The summed E-state index contributed by atoms with van der Waals surface area (Å²) in [4.78, 5) is 46.4. The smallest absolute Gasteiger partial charge is 0.374 e. The minimum absolute atomic E-state index is 0.00662. The van der Waals surface area contributed by atoms with Gasteiger partial charge in [-0.3, -0.25) is 18.7 Å². The second-order valence-electron chi connectivity index (χ2n) is 4.37.